The van der Waals surface area contributed by atoms with Crippen LogP contribution in [0.2, 0.25) is 0 Å². The Bertz CT molecular complexity index is 1230. The lowest BCUT2D eigenvalue weighted by atomic mass is 9.94. The molecule has 0 bridgehead atoms. The van der Waals surface area contributed by atoms with Crippen LogP contribution in [-0.2, 0) is 27.5 Å². The number of carbonyl (C=O) groups is 2. The fraction of sp³-hybridized carbons (Fsp3) is 0.462. The Balaban J connectivity index is 1.35. The molecule has 9 heteroatoms. The van der Waals surface area contributed by atoms with Gasteiger partial charge in [0.2, 0.25) is 11.8 Å². The number of carbonyl (C=O) groups excluding carboxylic acids is 2. The van der Waals surface area contributed by atoms with Crippen LogP contribution in [0.3, 0.4) is 0 Å². The summed E-state index contributed by atoms with van der Waals surface area (Å²) in [6.45, 7) is 0.786. The van der Waals surface area contributed by atoms with Gasteiger partial charge in [0.05, 0.1) is 30.5 Å². The highest BCUT2D eigenvalue weighted by molar-refractivity contribution is 5.86. The number of fused-ring (bicyclic) bond motifs is 1. The third kappa shape index (κ3) is 5.30. The summed E-state index contributed by atoms with van der Waals surface area (Å²) in [4.78, 5) is 46.8. The van der Waals surface area contributed by atoms with Gasteiger partial charge in [-0.1, -0.05) is 37.5 Å². The summed E-state index contributed by atoms with van der Waals surface area (Å²) in [7, 11) is 0. The van der Waals surface area contributed by atoms with Crippen molar-refractivity contribution in [3.8, 4) is 0 Å². The van der Waals surface area contributed by atoms with E-state index in [-0.39, 0.29) is 43.6 Å². The largest absolute Gasteiger partial charge is 0.420 e. The monoisotopic (exact) mass is 478 g/mol. The minimum Gasteiger partial charge on any atom is -0.408 e. The topological polar surface area (TPSA) is 97.9 Å². The van der Waals surface area contributed by atoms with Crippen LogP contribution in [0, 0.1) is 0 Å². The first-order valence-electron chi connectivity index (χ1n) is 12.3. The van der Waals surface area contributed by atoms with Crippen molar-refractivity contribution in [3.63, 3.8) is 0 Å². The third-order valence-corrected chi connectivity index (χ3v) is 6.90. The van der Waals surface area contributed by atoms with E-state index in [2.05, 4.69) is 4.98 Å². The van der Waals surface area contributed by atoms with E-state index in [0.717, 1.165) is 31.4 Å². The molecule has 3 aromatic rings. The first-order valence-corrected chi connectivity index (χ1v) is 12.3. The number of aromatic nitrogens is 2. The third-order valence-electron chi connectivity index (χ3n) is 6.90. The second-order valence-corrected chi connectivity index (χ2v) is 9.29. The van der Waals surface area contributed by atoms with Crippen LogP contribution in [-0.4, -0.2) is 62.9 Å². The molecule has 9 nitrogen and oxygen atoms in total. The zero-order valence-corrected chi connectivity index (χ0v) is 19.7. The smallest absolute Gasteiger partial charge is 0.408 e. The zero-order chi connectivity index (χ0) is 24.2. The summed E-state index contributed by atoms with van der Waals surface area (Å²) in [6.07, 6.45) is 6.71. The number of hydrogen-bond donors (Lipinski definition) is 0. The molecule has 184 valence electrons. The average Bonchev–Trinajstić information content (AvgIpc) is 3.09. The van der Waals surface area contributed by atoms with Gasteiger partial charge >= 0.3 is 5.76 Å². The lowest BCUT2D eigenvalue weighted by molar-refractivity contribution is -0.140. The summed E-state index contributed by atoms with van der Waals surface area (Å²) >= 11 is 0. The Morgan fingerprint density at radius 2 is 1.83 bits per heavy atom. The van der Waals surface area contributed by atoms with Crippen molar-refractivity contribution in [3.05, 3.63) is 64.9 Å². The van der Waals surface area contributed by atoms with E-state index >= 15 is 0 Å². The summed E-state index contributed by atoms with van der Waals surface area (Å²) in [5, 5.41) is 0. The lowest BCUT2D eigenvalue weighted by Gasteiger charge is -2.34. The minimum atomic E-state index is -0.590. The molecule has 1 aliphatic carbocycles. The van der Waals surface area contributed by atoms with Gasteiger partial charge in [-0.25, -0.2) is 4.79 Å². The Labute approximate surface area is 203 Å². The average molecular weight is 479 g/mol. The highest BCUT2D eigenvalue weighted by Crippen LogP contribution is 2.25. The fourth-order valence-corrected chi connectivity index (χ4v) is 5.07. The van der Waals surface area contributed by atoms with Gasteiger partial charge in [0.15, 0.2) is 5.58 Å². The van der Waals surface area contributed by atoms with E-state index in [1.54, 1.807) is 30.5 Å². The maximum absolute atomic E-state index is 13.3. The molecule has 2 amide bonds. The molecule has 3 heterocycles. The van der Waals surface area contributed by atoms with E-state index in [0.29, 0.717) is 24.3 Å². The standard InChI is InChI=1S/C26H30N4O5/c31-24(17-30-22-11-4-5-12-23(22)35-26(30)33)28-14-21(34-18-19-8-6-7-13-27-19)15-29(25(32)16-28)20-9-2-1-3-10-20/h4-8,11-13,20-21H,1-3,9-10,14-18H2/t21-/m1/s1. The number of hydrogen-bond acceptors (Lipinski definition) is 6. The Morgan fingerprint density at radius 1 is 1.03 bits per heavy atom. The Morgan fingerprint density at radius 3 is 2.63 bits per heavy atom. The van der Waals surface area contributed by atoms with Crippen molar-refractivity contribution in [1.82, 2.24) is 19.4 Å². The minimum absolute atomic E-state index is 0.0245. The molecule has 35 heavy (non-hydrogen) atoms. The molecule has 0 N–H and O–H groups in total. The van der Waals surface area contributed by atoms with Gasteiger partial charge in [-0.2, -0.15) is 0 Å². The number of para-hydroxylation sites is 2. The van der Waals surface area contributed by atoms with Crippen molar-refractivity contribution in [2.24, 2.45) is 0 Å². The molecule has 2 aliphatic rings. The van der Waals surface area contributed by atoms with E-state index in [1.165, 1.54) is 15.9 Å². The predicted molar refractivity (Wildman–Crippen MR) is 128 cm³/mol. The Hall–Kier alpha value is -3.46. The van der Waals surface area contributed by atoms with Gasteiger partial charge in [0, 0.05) is 25.3 Å². The number of oxazole rings is 1. The summed E-state index contributed by atoms with van der Waals surface area (Å²) in [6, 6.07) is 12.8. The van der Waals surface area contributed by atoms with Crippen molar-refractivity contribution in [1.29, 1.82) is 0 Å². The number of nitrogens with zero attached hydrogens (tertiary/aromatic N) is 4. The fourth-order valence-electron chi connectivity index (χ4n) is 5.07. The number of pyridine rings is 1. The van der Waals surface area contributed by atoms with Gasteiger partial charge in [-0.05, 0) is 37.1 Å². The molecular formula is C26H30N4O5. The molecule has 0 spiro atoms. The maximum atomic E-state index is 13.3. The molecule has 2 aromatic heterocycles. The van der Waals surface area contributed by atoms with E-state index in [9.17, 15) is 14.4 Å². The predicted octanol–water partition coefficient (Wildman–Crippen LogP) is 2.58. The lowest BCUT2D eigenvalue weighted by Crippen LogP contribution is -2.46. The number of rotatable bonds is 6. The first-order chi connectivity index (χ1) is 17.1. The molecule has 0 radical (unpaired) electrons. The second-order valence-electron chi connectivity index (χ2n) is 9.29. The van der Waals surface area contributed by atoms with Crippen LogP contribution < -0.4 is 5.76 Å². The molecule has 1 aliphatic heterocycles. The van der Waals surface area contributed by atoms with Crippen LogP contribution in [0.25, 0.3) is 11.1 Å². The van der Waals surface area contributed by atoms with Crippen molar-refractivity contribution >= 4 is 22.9 Å². The van der Waals surface area contributed by atoms with Crippen molar-refractivity contribution in [2.75, 3.05) is 19.6 Å². The van der Waals surface area contributed by atoms with Crippen LogP contribution in [0.4, 0.5) is 0 Å². The van der Waals surface area contributed by atoms with E-state index < -0.39 is 5.76 Å². The molecule has 1 saturated carbocycles. The van der Waals surface area contributed by atoms with Crippen molar-refractivity contribution < 1.29 is 18.7 Å². The number of benzene rings is 1. The quantitative estimate of drug-likeness (QED) is 0.540. The van der Waals surface area contributed by atoms with Crippen molar-refractivity contribution in [2.45, 2.75) is 57.4 Å². The summed E-state index contributed by atoms with van der Waals surface area (Å²) in [5.41, 5.74) is 1.78. The molecule has 1 atom stereocenters. The van der Waals surface area contributed by atoms with Crippen LogP contribution in [0.5, 0.6) is 0 Å². The molecule has 1 saturated heterocycles. The maximum Gasteiger partial charge on any atom is 0.420 e. The highest BCUT2D eigenvalue weighted by Gasteiger charge is 2.35. The first kappa shape index (κ1) is 23.3. The normalized spacial score (nSPS) is 19.8. The number of ether oxygens (including phenoxy) is 1. The molecule has 0 unspecified atom stereocenters. The van der Waals surface area contributed by atoms with E-state index in [1.807, 2.05) is 23.1 Å². The van der Waals surface area contributed by atoms with Gasteiger partial charge in [0.1, 0.15) is 6.54 Å². The second kappa shape index (κ2) is 10.4. The molecule has 2 fully saturated rings. The Kier molecular flexibility index (Phi) is 6.94. The van der Waals surface area contributed by atoms with Crippen LogP contribution >= 0.6 is 0 Å². The summed E-state index contributed by atoms with van der Waals surface area (Å²) in [5.74, 6) is -0.977. The molecule has 5 rings (SSSR count). The van der Waals surface area contributed by atoms with Gasteiger partial charge < -0.3 is 19.0 Å². The van der Waals surface area contributed by atoms with Gasteiger partial charge in [0.25, 0.3) is 0 Å². The van der Waals surface area contributed by atoms with Gasteiger partial charge in [-0.3, -0.25) is 19.1 Å². The SMILES string of the molecule is O=C(Cn1c(=O)oc2ccccc21)N1CC(=O)N(C2CCCCC2)C[C@H](OCc2ccccn2)C1. The van der Waals surface area contributed by atoms with Gasteiger partial charge in [-0.15, -0.1) is 0 Å². The molecule has 1 aromatic carbocycles. The highest BCUT2D eigenvalue weighted by atomic mass is 16.5. The van der Waals surface area contributed by atoms with E-state index in [4.69, 9.17) is 9.15 Å². The molecular weight excluding hydrogens is 448 g/mol. The number of amides is 2. The zero-order valence-electron chi connectivity index (χ0n) is 19.7. The van der Waals surface area contributed by atoms with Crippen LogP contribution in [0.15, 0.2) is 57.9 Å². The summed E-state index contributed by atoms with van der Waals surface area (Å²) < 4.78 is 12.8. The van der Waals surface area contributed by atoms with Crippen LogP contribution in [0.1, 0.15) is 37.8 Å².